The summed E-state index contributed by atoms with van der Waals surface area (Å²) in [4.78, 5) is 33.9. The van der Waals surface area contributed by atoms with Gasteiger partial charge < -0.3 is 10.2 Å². The van der Waals surface area contributed by atoms with Crippen LogP contribution in [0.2, 0.25) is 0 Å². The van der Waals surface area contributed by atoms with Crippen molar-refractivity contribution in [3.8, 4) is 11.4 Å². The van der Waals surface area contributed by atoms with Crippen LogP contribution in [0.1, 0.15) is 88.7 Å². The van der Waals surface area contributed by atoms with E-state index in [4.69, 9.17) is 0 Å². The third-order valence-electron chi connectivity index (χ3n) is 8.62. The molecule has 2 saturated carbocycles. The normalized spacial score (nSPS) is 19.8. The number of piperidine rings is 1. The highest BCUT2D eigenvalue weighted by Crippen LogP contribution is 2.40. The van der Waals surface area contributed by atoms with Gasteiger partial charge in [0.05, 0.1) is 11.6 Å². The lowest BCUT2D eigenvalue weighted by Crippen LogP contribution is -2.45. The number of benzene rings is 1. The maximum Gasteiger partial charge on any atom is 0.417 e. The number of nitrogens with zero attached hydrogens (tertiary/aromatic N) is 5. The second-order valence-electron chi connectivity index (χ2n) is 11.4. The van der Waals surface area contributed by atoms with Gasteiger partial charge in [0.15, 0.2) is 5.82 Å². The Hall–Kier alpha value is -2.95. The van der Waals surface area contributed by atoms with Gasteiger partial charge in [0, 0.05) is 30.6 Å². The summed E-state index contributed by atoms with van der Waals surface area (Å²) >= 11 is 0. The monoisotopic (exact) mass is 560 g/mol. The molecule has 2 aromatic rings. The number of anilines is 1. The predicted octanol–water partition coefficient (Wildman–Crippen LogP) is 5.35. The first-order valence-corrected chi connectivity index (χ1v) is 14.7. The quantitative estimate of drug-likeness (QED) is 0.375. The number of aromatic nitrogens is 3. The Morgan fingerprint density at radius 2 is 1.77 bits per heavy atom. The van der Waals surface area contributed by atoms with Crippen molar-refractivity contribution >= 4 is 18.3 Å². The van der Waals surface area contributed by atoms with Gasteiger partial charge in [0.2, 0.25) is 12.3 Å². The first-order valence-electron chi connectivity index (χ1n) is 14.7. The number of hydrogen-bond donors (Lipinski definition) is 1. The van der Waals surface area contributed by atoms with E-state index >= 15 is 0 Å². The lowest BCUT2D eigenvalue weighted by Gasteiger charge is -2.32. The van der Waals surface area contributed by atoms with E-state index in [2.05, 4.69) is 20.3 Å². The molecule has 2 amide bonds. The zero-order valence-corrected chi connectivity index (χ0v) is 22.9. The number of amides is 2. The molecule has 3 fully saturated rings. The standard InChI is InChI=1S/C29H39F3N6O2/c30-29(31,32)25-14-5-4-13-24(25)27-34-28(35-38(27)22-11-2-3-12-22)37(20-39)23(15-18-36-16-6-1-7-17-36)19-26(40)33-21-9-8-10-21/h4-5,13-14,20-23H,1-3,6-12,15-19H2,(H,33,40)/t23-/m0/s1. The van der Waals surface area contributed by atoms with Crippen LogP contribution in [-0.2, 0) is 15.8 Å². The Balaban J connectivity index is 1.47. The highest BCUT2D eigenvalue weighted by Gasteiger charge is 2.37. The van der Waals surface area contributed by atoms with Crippen molar-refractivity contribution in [1.29, 1.82) is 0 Å². The Morgan fingerprint density at radius 3 is 2.42 bits per heavy atom. The molecule has 0 spiro atoms. The van der Waals surface area contributed by atoms with Crippen LogP contribution in [-0.4, -0.2) is 63.7 Å². The van der Waals surface area contributed by atoms with Crippen LogP contribution in [0, 0.1) is 0 Å². The molecular formula is C29H39F3N6O2. The summed E-state index contributed by atoms with van der Waals surface area (Å²) in [6.07, 6.45) is 6.64. The van der Waals surface area contributed by atoms with Crippen LogP contribution in [0.3, 0.4) is 0 Å². The first kappa shape index (κ1) is 28.6. The number of carbonyl (C=O) groups is 2. The second kappa shape index (κ2) is 12.7. The van der Waals surface area contributed by atoms with Gasteiger partial charge in [-0.25, -0.2) is 4.68 Å². The van der Waals surface area contributed by atoms with Crippen molar-refractivity contribution < 1.29 is 22.8 Å². The maximum atomic E-state index is 14.0. The van der Waals surface area contributed by atoms with Gasteiger partial charge in [0.1, 0.15) is 0 Å². The van der Waals surface area contributed by atoms with E-state index in [-0.39, 0.29) is 41.7 Å². The molecule has 3 aliphatic rings. The molecule has 1 N–H and O–H groups in total. The lowest BCUT2D eigenvalue weighted by atomic mass is 9.93. The van der Waals surface area contributed by atoms with Gasteiger partial charge in [-0.05, 0) is 70.5 Å². The molecule has 2 heterocycles. The molecule has 11 heteroatoms. The van der Waals surface area contributed by atoms with Crippen molar-refractivity contribution in [3.63, 3.8) is 0 Å². The molecule has 1 atom stereocenters. The average Bonchev–Trinajstić information content (AvgIpc) is 3.60. The number of likely N-dealkylation sites (tertiary alicyclic amines) is 1. The Labute approximate surface area is 233 Å². The van der Waals surface area contributed by atoms with E-state index < -0.39 is 17.8 Å². The molecular weight excluding hydrogens is 521 g/mol. The minimum Gasteiger partial charge on any atom is -0.353 e. The summed E-state index contributed by atoms with van der Waals surface area (Å²) in [5.41, 5.74) is -0.841. The Kier molecular flexibility index (Phi) is 9.07. The molecule has 1 saturated heterocycles. The molecule has 218 valence electrons. The molecule has 5 rings (SSSR count). The zero-order chi connectivity index (χ0) is 28.1. The lowest BCUT2D eigenvalue weighted by molar-refractivity contribution is -0.137. The van der Waals surface area contributed by atoms with E-state index in [1.807, 2.05) is 0 Å². The van der Waals surface area contributed by atoms with Crippen LogP contribution in [0.5, 0.6) is 0 Å². The fourth-order valence-electron chi connectivity index (χ4n) is 6.14. The van der Waals surface area contributed by atoms with Crippen LogP contribution < -0.4 is 10.2 Å². The Morgan fingerprint density at radius 1 is 1.05 bits per heavy atom. The van der Waals surface area contributed by atoms with E-state index in [0.717, 1.165) is 83.5 Å². The molecule has 1 aromatic carbocycles. The highest BCUT2D eigenvalue weighted by molar-refractivity contribution is 5.80. The fraction of sp³-hybridized carbons (Fsp3) is 0.655. The topological polar surface area (TPSA) is 83.4 Å². The van der Waals surface area contributed by atoms with Crippen molar-refractivity contribution in [3.05, 3.63) is 29.8 Å². The number of nitrogens with one attached hydrogen (secondary N) is 1. The summed E-state index contributed by atoms with van der Waals surface area (Å²) in [5.74, 6) is 0.0300. The summed E-state index contributed by atoms with van der Waals surface area (Å²) in [5, 5.41) is 7.72. The minimum atomic E-state index is -4.57. The van der Waals surface area contributed by atoms with Crippen LogP contribution in [0.4, 0.5) is 19.1 Å². The molecule has 1 aromatic heterocycles. The first-order chi connectivity index (χ1) is 19.3. The van der Waals surface area contributed by atoms with Gasteiger partial charge >= 0.3 is 6.18 Å². The van der Waals surface area contributed by atoms with Gasteiger partial charge in [-0.1, -0.05) is 37.5 Å². The Bertz CT molecular complexity index is 1150. The number of halogens is 3. The van der Waals surface area contributed by atoms with Gasteiger partial charge in [-0.2, -0.15) is 18.2 Å². The van der Waals surface area contributed by atoms with Crippen molar-refractivity contribution in [2.24, 2.45) is 0 Å². The summed E-state index contributed by atoms with van der Waals surface area (Å²) in [6.45, 7) is 2.68. The number of alkyl halides is 3. The SMILES string of the molecule is O=CN(c1nc(-c2ccccc2C(F)(F)F)n(C2CCCC2)n1)[C@@H](CCN1CCCCC1)CC(=O)NC1CCC1. The highest BCUT2D eigenvalue weighted by atomic mass is 19.4. The second-order valence-corrected chi connectivity index (χ2v) is 11.4. The number of rotatable bonds is 11. The average molecular weight is 561 g/mol. The zero-order valence-electron chi connectivity index (χ0n) is 22.9. The largest absolute Gasteiger partial charge is 0.417 e. The van der Waals surface area contributed by atoms with Crippen molar-refractivity contribution in [2.75, 3.05) is 24.5 Å². The number of carbonyl (C=O) groups excluding carboxylic acids is 2. The molecule has 40 heavy (non-hydrogen) atoms. The van der Waals surface area contributed by atoms with E-state index in [1.54, 1.807) is 10.7 Å². The molecule has 2 aliphatic carbocycles. The van der Waals surface area contributed by atoms with Gasteiger partial charge in [-0.3, -0.25) is 14.5 Å². The van der Waals surface area contributed by atoms with Crippen LogP contribution in [0.25, 0.3) is 11.4 Å². The molecule has 1 aliphatic heterocycles. The van der Waals surface area contributed by atoms with Crippen LogP contribution >= 0.6 is 0 Å². The maximum absolute atomic E-state index is 14.0. The van der Waals surface area contributed by atoms with E-state index in [0.29, 0.717) is 12.8 Å². The minimum absolute atomic E-state index is 0.0500. The van der Waals surface area contributed by atoms with E-state index in [9.17, 15) is 22.8 Å². The molecule has 8 nitrogen and oxygen atoms in total. The molecule has 0 radical (unpaired) electrons. The predicted molar refractivity (Wildman–Crippen MR) is 146 cm³/mol. The number of hydrogen-bond acceptors (Lipinski definition) is 5. The van der Waals surface area contributed by atoms with E-state index in [1.165, 1.54) is 23.5 Å². The van der Waals surface area contributed by atoms with Gasteiger partial charge in [-0.15, -0.1) is 5.10 Å². The van der Waals surface area contributed by atoms with Crippen LogP contribution in [0.15, 0.2) is 24.3 Å². The molecule has 0 unspecified atom stereocenters. The summed E-state index contributed by atoms with van der Waals surface area (Å²) in [7, 11) is 0. The summed E-state index contributed by atoms with van der Waals surface area (Å²) < 4.78 is 43.5. The fourth-order valence-corrected chi connectivity index (χ4v) is 6.14. The third-order valence-corrected chi connectivity index (χ3v) is 8.62. The van der Waals surface area contributed by atoms with Crippen molar-refractivity contribution in [2.45, 2.75) is 101 Å². The van der Waals surface area contributed by atoms with Crippen molar-refractivity contribution in [1.82, 2.24) is 25.0 Å². The molecule has 0 bridgehead atoms. The third kappa shape index (κ3) is 6.67. The smallest absolute Gasteiger partial charge is 0.353 e. The summed E-state index contributed by atoms with van der Waals surface area (Å²) in [6, 6.07) is 4.94. The van der Waals surface area contributed by atoms with Gasteiger partial charge in [0.25, 0.3) is 5.95 Å².